The Morgan fingerprint density at radius 3 is 2.78 bits per heavy atom. The molecule has 0 aliphatic heterocycles. The molecule has 134 valence electrons. The average molecular weight is 364 g/mol. The van der Waals surface area contributed by atoms with Gasteiger partial charge in [0.05, 0.1) is 4.92 Å². The highest BCUT2D eigenvalue weighted by Gasteiger charge is 2.18. The Balaban J connectivity index is 2.04. The lowest BCUT2D eigenvalue weighted by molar-refractivity contribution is -0.383. The van der Waals surface area contributed by atoms with Gasteiger partial charge in [0.25, 0.3) is 5.69 Å². The lowest BCUT2D eigenvalue weighted by Gasteiger charge is -2.03. The van der Waals surface area contributed by atoms with Gasteiger partial charge in [-0.15, -0.1) is 0 Å². The Bertz CT molecular complexity index is 1140. The van der Waals surface area contributed by atoms with Gasteiger partial charge in [-0.25, -0.2) is 4.39 Å². The molecule has 1 aromatic heterocycles. The summed E-state index contributed by atoms with van der Waals surface area (Å²) in [5.74, 6) is -1.01. The van der Waals surface area contributed by atoms with Crippen molar-refractivity contribution in [3.63, 3.8) is 0 Å². The minimum atomic E-state index is -0.560. The van der Waals surface area contributed by atoms with Gasteiger partial charge in [-0.05, 0) is 35.9 Å². The number of carbonyl (C=O) groups is 1. The van der Waals surface area contributed by atoms with Crippen molar-refractivity contribution in [3.05, 3.63) is 75.2 Å². The number of aromatic nitrogens is 1. The second kappa shape index (κ2) is 7.09. The molecule has 0 unspecified atom stereocenters. The van der Waals surface area contributed by atoms with E-state index < -0.39 is 16.5 Å². The molecule has 8 heteroatoms. The fourth-order valence-corrected chi connectivity index (χ4v) is 2.75. The molecule has 0 amide bonds. The highest BCUT2D eigenvalue weighted by Crippen LogP contribution is 2.27. The largest absolute Gasteiger partial charge is 0.383 e. The Morgan fingerprint density at radius 1 is 1.33 bits per heavy atom. The summed E-state index contributed by atoms with van der Waals surface area (Å²) >= 11 is 0. The molecule has 0 bridgehead atoms. The fourth-order valence-electron chi connectivity index (χ4n) is 2.75. The Labute approximate surface area is 152 Å². The average Bonchev–Trinajstić information content (AvgIpc) is 3.08. The van der Waals surface area contributed by atoms with E-state index in [0.717, 1.165) is 0 Å². The van der Waals surface area contributed by atoms with Crippen LogP contribution >= 0.6 is 0 Å². The van der Waals surface area contributed by atoms with Crippen LogP contribution in [0.15, 0.2) is 48.2 Å². The van der Waals surface area contributed by atoms with Gasteiger partial charge in [-0.2, -0.15) is 5.26 Å². The van der Waals surface area contributed by atoms with Crippen LogP contribution in [0.25, 0.3) is 17.0 Å². The number of benzene rings is 2. The third-order valence-corrected chi connectivity index (χ3v) is 4.05. The molecule has 0 fully saturated rings. The molecule has 0 saturated carbocycles. The summed E-state index contributed by atoms with van der Waals surface area (Å²) in [7, 11) is 1.56. The molecule has 7 nitrogen and oxygen atoms in total. The van der Waals surface area contributed by atoms with Crippen LogP contribution in [0.2, 0.25) is 0 Å². The molecule has 3 rings (SSSR count). The van der Waals surface area contributed by atoms with Crippen molar-refractivity contribution in [2.75, 3.05) is 12.4 Å². The van der Waals surface area contributed by atoms with E-state index in [1.54, 1.807) is 13.1 Å². The van der Waals surface area contributed by atoms with Crippen molar-refractivity contribution in [2.45, 2.75) is 0 Å². The molecule has 0 atom stereocenters. The summed E-state index contributed by atoms with van der Waals surface area (Å²) in [5, 5.41) is 23.8. The highest BCUT2D eigenvalue weighted by atomic mass is 19.1. The number of fused-ring (bicyclic) bond motifs is 1. The summed E-state index contributed by atoms with van der Waals surface area (Å²) < 4.78 is 13.3. The number of ketones is 1. The summed E-state index contributed by atoms with van der Waals surface area (Å²) in [5.41, 5.74) is 0.964. The number of allylic oxidation sites excluding steroid dienone is 1. The van der Waals surface area contributed by atoms with Crippen molar-refractivity contribution in [2.24, 2.45) is 0 Å². The molecule has 0 spiro atoms. The zero-order valence-corrected chi connectivity index (χ0v) is 14.1. The van der Waals surface area contributed by atoms with Gasteiger partial charge in [0.15, 0.2) is 0 Å². The quantitative estimate of drug-likeness (QED) is 0.233. The SMILES string of the molecule is CNc1ccc(C=C(C#N)C(=O)c2c[nH]c3cc(F)ccc23)cc1[N+](=O)[O-]. The number of hydrogen-bond acceptors (Lipinski definition) is 5. The van der Waals surface area contributed by atoms with Crippen molar-refractivity contribution in [1.82, 2.24) is 4.98 Å². The first-order valence-corrected chi connectivity index (χ1v) is 7.84. The Morgan fingerprint density at radius 2 is 2.11 bits per heavy atom. The van der Waals surface area contributed by atoms with Gasteiger partial charge < -0.3 is 10.3 Å². The maximum atomic E-state index is 13.3. The lowest BCUT2D eigenvalue weighted by atomic mass is 10.0. The molecule has 1 heterocycles. The molecule has 0 radical (unpaired) electrons. The van der Waals surface area contributed by atoms with Crippen LogP contribution in [0.1, 0.15) is 15.9 Å². The third kappa shape index (κ3) is 3.39. The minimum Gasteiger partial charge on any atom is -0.383 e. The summed E-state index contributed by atoms with van der Waals surface area (Å²) in [6, 6.07) is 10.1. The van der Waals surface area contributed by atoms with Crippen LogP contribution < -0.4 is 5.32 Å². The van der Waals surface area contributed by atoms with Gasteiger partial charge in [0.2, 0.25) is 5.78 Å². The van der Waals surface area contributed by atoms with Gasteiger partial charge in [0, 0.05) is 35.8 Å². The molecule has 3 aromatic rings. The van der Waals surface area contributed by atoms with Crippen molar-refractivity contribution < 1.29 is 14.1 Å². The number of nitrogens with zero attached hydrogens (tertiary/aromatic N) is 2. The van der Waals surface area contributed by atoms with Crippen LogP contribution in [-0.4, -0.2) is 22.7 Å². The predicted molar refractivity (Wildman–Crippen MR) is 98.8 cm³/mol. The van der Waals surface area contributed by atoms with E-state index in [1.165, 1.54) is 42.6 Å². The first kappa shape index (κ1) is 17.8. The summed E-state index contributed by atoms with van der Waals surface area (Å²) in [6.45, 7) is 0. The van der Waals surface area contributed by atoms with Gasteiger partial charge >= 0.3 is 0 Å². The maximum absolute atomic E-state index is 13.3. The smallest absolute Gasteiger partial charge is 0.292 e. The second-order valence-corrected chi connectivity index (χ2v) is 5.67. The van der Waals surface area contributed by atoms with Gasteiger partial charge in [0.1, 0.15) is 23.1 Å². The number of anilines is 1. The number of nitro benzene ring substituents is 1. The van der Waals surface area contributed by atoms with E-state index in [0.29, 0.717) is 22.2 Å². The zero-order valence-electron chi connectivity index (χ0n) is 14.1. The first-order chi connectivity index (χ1) is 12.9. The van der Waals surface area contributed by atoms with Crippen molar-refractivity contribution >= 4 is 34.1 Å². The van der Waals surface area contributed by atoms with E-state index in [9.17, 15) is 24.6 Å². The van der Waals surface area contributed by atoms with Gasteiger partial charge in [-0.3, -0.25) is 14.9 Å². The number of H-pyrrole nitrogens is 1. The number of carbonyl (C=O) groups excluding carboxylic acids is 1. The fraction of sp³-hybridized carbons (Fsp3) is 0.0526. The molecule has 2 N–H and O–H groups in total. The van der Waals surface area contributed by atoms with E-state index in [1.807, 2.05) is 6.07 Å². The third-order valence-electron chi connectivity index (χ3n) is 4.05. The zero-order chi connectivity index (χ0) is 19.6. The number of nitrogens with one attached hydrogen (secondary N) is 2. The Kier molecular flexibility index (Phi) is 4.68. The number of nitriles is 1. The van der Waals surface area contributed by atoms with E-state index in [4.69, 9.17) is 0 Å². The van der Waals surface area contributed by atoms with Crippen LogP contribution in [0.5, 0.6) is 0 Å². The number of hydrogen-bond donors (Lipinski definition) is 2. The number of halogens is 1. The normalized spacial score (nSPS) is 11.2. The predicted octanol–water partition coefficient (Wildman–Crippen LogP) is 4.05. The van der Waals surface area contributed by atoms with Crippen LogP contribution in [0.3, 0.4) is 0 Å². The number of nitro groups is 1. The maximum Gasteiger partial charge on any atom is 0.292 e. The molecule has 27 heavy (non-hydrogen) atoms. The molecular weight excluding hydrogens is 351 g/mol. The second-order valence-electron chi connectivity index (χ2n) is 5.67. The topological polar surface area (TPSA) is 112 Å². The van der Waals surface area contributed by atoms with Crippen molar-refractivity contribution in [3.8, 4) is 6.07 Å². The molecule has 0 aliphatic rings. The van der Waals surface area contributed by atoms with Gasteiger partial charge in [-0.1, -0.05) is 6.07 Å². The number of Topliss-reactive ketones (excluding diaryl/α,β-unsaturated/α-hetero) is 1. The van der Waals surface area contributed by atoms with Crippen LogP contribution in [0.4, 0.5) is 15.8 Å². The summed E-state index contributed by atoms with van der Waals surface area (Å²) in [6.07, 6.45) is 2.70. The lowest BCUT2D eigenvalue weighted by Crippen LogP contribution is -2.01. The van der Waals surface area contributed by atoms with Crippen LogP contribution in [0, 0.1) is 27.3 Å². The van der Waals surface area contributed by atoms with E-state index in [2.05, 4.69) is 10.3 Å². The minimum absolute atomic E-state index is 0.168. The summed E-state index contributed by atoms with van der Waals surface area (Å²) in [4.78, 5) is 26.1. The molecule has 0 saturated heterocycles. The highest BCUT2D eigenvalue weighted by molar-refractivity contribution is 6.19. The Hall–Kier alpha value is -3.99. The van der Waals surface area contributed by atoms with Crippen LogP contribution in [-0.2, 0) is 0 Å². The monoisotopic (exact) mass is 364 g/mol. The van der Waals surface area contributed by atoms with Crippen molar-refractivity contribution in [1.29, 1.82) is 5.26 Å². The molecule has 0 aliphatic carbocycles. The molecular formula is C19H13FN4O3. The number of aromatic amines is 1. The number of rotatable bonds is 5. The van der Waals surface area contributed by atoms with E-state index in [-0.39, 0.29) is 16.8 Å². The van der Waals surface area contributed by atoms with E-state index >= 15 is 0 Å². The molecule has 2 aromatic carbocycles. The standard InChI is InChI=1S/C19H13FN4O3/c1-22-16-5-2-11(7-18(16)24(26)27)6-12(9-21)19(25)15-10-23-17-8-13(20)3-4-14(15)17/h2-8,10,22-23H,1H3. The first-order valence-electron chi connectivity index (χ1n) is 7.84.